The molecule has 1 aromatic carbocycles. The minimum atomic E-state index is -1.90. The van der Waals surface area contributed by atoms with Crippen molar-refractivity contribution < 1.29 is 18.4 Å². The van der Waals surface area contributed by atoms with Crippen molar-refractivity contribution in [2.45, 2.75) is 39.3 Å². The molecule has 0 bridgehead atoms. The highest BCUT2D eigenvalue weighted by Gasteiger charge is 2.23. The van der Waals surface area contributed by atoms with Crippen LogP contribution in [0.5, 0.6) is 11.5 Å². The number of hydrogen-bond acceptors (Lipinski definition) is 4. The summed E-state index contributed by atoms with van der Waals surface area (Å²) >= 11 is 0. The lowest BCUT2D eigenvalue weighted by molar-refractivity contribution is 0.0724. The van der Waals surface area contributed by atoms with Gasteiger partial charge in [0.2, 0.25) is 16.6 Å². The van der Waals surface area contributed by atoms with E-state index in [1.165, 1.54) is 0 Å². The molecule has 1 aromatic rings. The van der Waals surface area contributed by atoms with Gasteiger partial charge in [-0.2, -0.15) is 0 Å². The molecule has 0 aromatic heterocycles. The first-order valence-corrected chi connectivity index (χ1v) is 13.4. The van der Waals surface area contributed by atoms with Gasteiger partial charge >= 0.3 is 5.97 Å². The minimum absolute atomic E-state index is 0.299. The lowest BCUT2D eigenvalue weighted by Gasteiger charge is -2.22. The van der Waals surface area contributed by atoms with Crippen molar-refractivity contribution in [2.75, 3.05) is 7.11 Å². The van der Waals surface area contributed by atoms with Crippen LogP contribution in [-0.4, -0.2) is 29.7 Å². The van der Waals surface area contributed by atoms with E-state index in [1.54, 1.807) is 25.3 Å². The number of ether oxygens (including phenoxy) is 1. The summed E-state index contributed by atoms with van der Waals surface area (Å²) in [6.45, 7) is 12.2. The molecule has 0 saturated heterocycles. The molecule has 0 atom stereocenters. The van der Waals surface area contributed by atoms with Crippen LogP contribution in [0, 0.1) is 0 Å². The van der Waals surface area contributed by atoms with Gasteiger partial charge in [0.1, 0.15) is 5.75 Å². The predicted molar refractivity (Wildman–Crippen MR) is 85.7 cm³/mol. The molecular weight excluding hydrogens is 288 g/mol. The Labute approximate surface area is 123 Å². The maximum atomic E-state index is 12.1. The van der Waals surface area contributed by atoms with Gasteiger partial charge in [0.25, 0.3) is 0 Å². The quantitative estimate of drug-likeness (QED) is 0.774. The number of rotatable bonds is 5. The van der Waals surface area contributed by atoms with E-state index in [0.717, 1.165) is 0 Å². The van der Waals surface area contributed by atoms with Crippen molar-refractivity contribution in [3.63, 3.8) is 0 Å². The first-order chi connectivity index (χ1) is 9.02. The van der Waals surface area contributed by atoms with Crippen LogP contribution >= 0.6 is 0 Å². The van der Waals surface area contributed by atoms with Gasteiger partial charge in [-0.25, -0.2) is 4.79 Å². The van der Waals surface area contributed by atoms with Crippen LogP contribution in [-0.2, 0) is 4.43 Å². The smallest absolute Gasteiger partial charge is 0.324 e. The van der Waals surface area contributed by atoms with Crippen LogP contribution in [0.3, 0.4) is 0 Å². The molecule has 0 fully saturated rings. The van der Waals surface area contributed by atoms with Gasteiger partial charge < -0.3 is 13.6 Å². The zero-order valence-corrected chi connectivity index (χ0v) is 15.4. The highest BCUT2D eigenvalue weighted by Crippen LogP contribution is 2.30. The summed E-state index contributed by atoms with van der Waals surface area (Å²) in [5.41, 5.74) is 0.501. The Kier molecular flexibility index (Phi) is 5.04. The van der Waals surface area contributed by atoms with E-state index in [9.17, 15) is 4.79 Å². The maximum absolute atomic E-state index is 12.1. The molecular formula is C14H24O4Si2. The van der Waals surface area contributed by atoms with Crippen LogP contribution in [0.15, 0.2) is 18.2 Å². The van der Waals surface area contributed by atoms with E-state index in [0.29, 0.717) is 17.1 Å². The molecule has 0 aliphatic heterocycles. The second-order valence-corrected chi connectivity index (χ2v) is 15.4. The molecule has 0 heterocycles. The fourth-order valence-electron chi connectivity index (χ4n) is 1.55. The summed E-state index contributed by atoms with van der Waals surface area (Å²) in [5, 5.41) is 0. The summed E-state index contributed by atoms with van der Waals surface area (Å²) in [5.74, 6) is 0.945. The van der Waals surface area contributed by atoms with Gasteiger partial charge in [0.15, 0.2) is 5.75 Å². The third kappa shape index (κ3) is 5.38. The van der Waals surface area contributed by atoms with Crippen molar-refractivity contribution in [1.82, 2.24) is 0 Å². The minimum Gasteiger partial charge on any atom is -0.542 e. The highest BCUT2D eigenvalue weighted by atomic mass is 28.4. The number of carbonyl (C=O) groups excluding carboxylic acids is 1. The van der Waals surface area contributed by atoms with E-state index < -0.39 is 16.6 Å². The third-order valence-corrected chi connectivity index (χ3v) is 3.84. The Morgan fingerprint density at radius 2 is 1.55 bits per heavy atom. The molecule has 0 amide bonds. The van der Waals surface area contributed by atoms with Gasteiger partial charge in [-0.3, -0.25) is 0 Å². The Morgan fingerprint density at radius 3 is 2.00 bits per heavy atom. The van der Waals surface area contributed by atoms with Gasteiger partial charge in [0, 0.05) is 0 Å². The van der Waals surface area contributed by atoms with Crippen molar-refractivity contribution in [3.05, 3.63) is 23.8 Å². The average Bonchev–Trinajstić information content (AvgIpc) is 2.24. The summed E-state index contributed by atoms with van der Waals surface area (Å²) in [4.78, 5) is 12.1. The molecule has 4 nitrogen and oxygen atoms in total. The monoisotopic (exact) mass is 312 g/mol. The molecule has 6 heteroatoms. The van der Waals surface area contributed by atoms with Crippen LogP contribution in [0.25, 0.3) is 0 Å². The average molecular weight is 313 g/mol. The largest absolute Gasteiger partial charge is 0.542 e. The van der Waals surface area contributed by atoms with Gasteiger partial charge in [-0.05, 0) is 57.5 Å². The summed E-state index contributed by atoms with van der Waals surface area (Å²) < 4.78 is 16.7. The van der Waals surface area contributed by atoms with Gasteiger partial charge in [-0.15, -0.1) is 0 Å². The van der Waals surface area contributed by atoms with E-state index in [4.69, 9.17) is 13.6 Å². The zero-order valence-electron chi connectivity index (χ0n) is 13.4. The fraction of sp³-hybridized carbons (Fsp3) is 0.500. The third-order valence-electron chi connectivity index (χ3n) is 2.21. The molecule has 0 radical (unpaired) electrons. The molecule has 1 rings (SSSR count). The second-order valence-electron chi connectivity index (χ2n) is 6.58. The molecule has 112 valence electrons. The predicted octanol–water partition coefficient (Wildman–Crippen LogP) is 3.90. The fourth-order valence-corrected chi connectivity index (χ4v) is 3.04. The normalized spacial score (nSPS) is 11.9. The highest BCUT2D eigenvalue weighted by molar-refractivity contribution is 6.71. The van der Waals surface area contributed by atoms with Crippen LogP contribution in [0.4, 0.5) is 0 Å². The lowest BCUT2D eigenvalue weighted by Crippen LogP contribution is -2.30. The van der Waals surface area contributed by atoms with E-state index in [1.807, 2.05) is 19.6 Å². The van der Waals surface area contributed by atoms with E-state index >= 15 is 0 Å². The number of methoxy groups -OCH3 is 1. The standard InChI is InChI=1S/C14H24O4Si2/c1-16-12-9-8-11(14(15)18-20(5,6)7)10-13(12)17-19(2,3)4/h8-10H,1-7H3. The Balaban J connectivity index is 3.06. The summed E-state index contributed by atoms with van der Waals surface area (Å²) in [7, 11) is -2.09. The van der Waals surface area contributed by atoms with Crippen LogP contribution in [0.2, 0.25) is 39.3 Å². The lowest BCUT2D eigenvalue weighted by atomic mass is 10.2. The first kappa shape index (κ1) is 16.8. The van der Waals surface area contributed by atoms with Crippen LogP contribution < -0.4 is 9.16 Å². The van der Waals surface area contributed by atoms with Crippen molar-refractivity contribution in [1.29, 1.82) is 0 Å². The second kappa shape index (κ2) is 6.01. The Morgan fingerprint density at radius 1 is 0.950 bits per heavy atom. The Bertz CT molecular complexity index is 487. The topological polar surface area (TPSA) is 44.8 Å². The van der Waals surface area contributed by atoms with E-state index in [-0.39, 0.29) is 5.97 Å². The number of carbonyl (C=O) groups is 1. The van der Waals surface area contributed by atoms with Crippen LogP contribution in [0.1, 0.15) is 10.4 Å². The SMILES string of the molecule is COc1ccc(C(=O)O[Si](C)(C)C)cc1O[Si](C)(C)C. The molecule has 0 aliphatic carbocycles. The molecule has 0 unspecified atom stereocenters. The van der Waals surface area contributed by atoms with Crippen molar-refractivity contribution >= 4 is 22.6 Å². The number of hydrogen-bond donors (Lipinski definition) is 0. The summed E-state index contributed by atoms with van der Waals surface area (Å²) in [6.07, 6.45) is 0. The zero-order chi connectivity index (χ0) is 15.6. The summed E-state index contributed by atoms with van der Waals surface area (Å²) in [6, 6.07) is 5.16. The first-order valence-electron chi connectivity index (χ1n) is 6.62. The maximum Gasteiger partial charge on any atom is 0.324 e. The molecule has 0 saturated carbocycles. The number of benzene rings is 1. The van der Waals surface area contributed by atoms with Crippen molar-refractivity contribution in [3.8, 4) is 11.5 Å². The van der Waals surface area contributed by atoms with Gasteiger partial charge in [0.05, 0.1) is 12.7 Å². The molecule has 0 spiro atoms. The van der Waals surface area contributed by atoms with Crippen molar-refractivity contribution in [2.24, 2.45) is 0 Å². The Hall–Kier alpha value is -1.28. The molecule has 0 aliphatic rings. The van der Waals surface area contributed by atoms with Gasteiger partial charge in [-0.1, -0.05) is 0 Å². The molecule has 20 heavy (non-hydrogen) atoms. The molecule has 0 N–H and O–H groups in total. The van der Waals surface area contributed by atoms with E-state index in [2.05, 4.69) is 19.6 Å².